The molecule has 0 aliphatic rings. The molecule has 3 nitrogen and oxygen atoms in total. The minimum Gasteiger partial charge on any atom is -0.334 e. The molecule has 0 unspecified atom stereocenters. The highest BCUT2D eigenvalue weighted by atomic mass is 127. The van der Waals surface area contributed by atoms with Gasteiger partial charge in [-0.25, -0.2) is 9.18 Å². The van der Waals surface area contributed by atoms with E-state index < -0.39 is 0 Å². The molecule has 0 saturated heterocycles. The SMILES string of the molecule is O=C(NCc1cccc(F)c1)Nc1cccc(I)c1. The number of halogens is 2. The highest BCUT2D eigenvalue weighted by Crippen LogP contribution is 2.12. The molecule has 0 aliphatic carbocycles. The molecule has 0 atom stereocenters. The van der Waals surface area contributed by atoms with Crippen molar-refractivity contribution in [1.82, 2.24) is 5.32 Å². The predicted octanol–water partition coefficient (Wildman–Crippen LogP) is 3.75. The van der Waals surface area contributed by atoms with E-state index in [1.54, 1.807) is 12.1 Å². The van der Waals surface area contributed by atoms with E-state index in [2.05, 4.69) is 33.2 Å². The second kappa shape index (κ2) is 6.51. The number of anilines is 1. The topological polar surface area (TPSA) is 41.1 Å². The van der Waals surface area contributed by atoms with E-state index in [0.29, 0.717) is 0 Å². The van der Waals surface area contributed by atoms with Crippen LogP contribution in [0, 0.1) is 9.39 Å². The Bertz CT molecular complexity index is 589. The normalized spacial score (nSPS) is 10.0. The van der Waals surface area contributed by atoms with Crippen LogP contribution in [-0.4, -0.2) is 6.03 Å². The molecular weight excluding hydrogens is 358 g/mol. The van der Waals surface area contributed by atoms with Crippen LogP contribution in [-0.2, 0) is 6.54 Å². The number of hydrogen-bond acceptors (Lipinski definition) is 1. The van der Waals surface area contributed by atoms with Gasteiger partial charge in [-0.15, -0.1) is 0 Å². The Balaban J connectivity index is 1.88. The smallest absolute Gasteiger partial charge is 0.319 e. The Morgan fingerprint density at radius 3 is 2.68 bits per heavy atom. The molecule has 2 N–H and O–H groups in total. The first kappa shape index (κ1) is 13.8. The van der Waals surface area contributed by atoms with Crippen LogP contribution in [0.15, 0.2) is 48.5 Å². The van der Waals surface area contributed by atoms with Crippen LogP contribution in [0.4, 0.5) is 14.9 Å². The summed E-state index contributed by atoms with van der Waals surface area (Å²) < 4.78 is 14.0. The molecule has 2 rings (SSSR count). The van der Waals surface area contributed by atoms with Crippen LogP contribution in [0.5, 0.6) is 0 Å². The number of carbonyl (C=O) groups is 1. The summed E-state index contributed by atoms with van der Waals surface area (Å²) in [6, 6.07) is 13.3. The van der Waals surface area contributed by atoms with E-state index in [4.69, 9.17) is 0 Å². The van der Waals surface area contributed by atoms with Crippen molar-refractivity contribution in [2.75, 3.05) is 5.32 Å². The Hall–Kier alpha value is -1.63. The van der Waals surface area contributed by atoms with Gasteiger partial charge in [0.25, 0.3) is 0 Å². The maximum atomic E-state index is 13.0. The number of nitrogens with one attached hydrogen (secondary N) is 2. The summed E-state index contributed by atoms with van der Waals surface area (Å²) in [7, 11) is 0. The molecule has 2 amide bonds. The van der Waals surface area contributed by atoms with Gasteiger partial charge in [0.1, 0.15) is 5.82 Å². The molecule has 0 saturated carbocycles. The molecule has 19 heavy (non-hydrogen) atoms. The fourth-order valence-electron chi connectivity index (χ4n) is 1.57. The number of urea groups is 1. The van der Waals surface area contributed by atoms with Gasteiger partial charge < -0.3 is 10.6 Å². The van der Waals surface area contributed by atoms with Gasteiger partial charge >= 0.3 is 6.03 Å². The Morgan fingerprint density at radius 1 is 1.16 bits per heavy atom. The minimum atomic E-state index is -0.314. The van der Waals surface area contributed by atoms with Crippen molar-refractivity contribution in [1.29, 1.82) is 0 Å². The number of carbonyl (C=O) groups excluding carboxylic acids is 1. The standard InChI is InChI=1S/C14H12FIN2O/c15-11-4-1-3-10(7-11)9-17-14(19)18-13-6-2-5-12(16)8-13/h1-8H,9H2,(H2,17,18,19). The van der Waals surface area contributed by atoms with Gasteiger partial charge in [-0.1, -0.05) is 18.2 Å². The van der Waals surface area contributed by atoms with E-state index in [1.807, 2.05) is 24.3 Å². The Labute approximate surface area is 124 Å². The quantitative estimate of drug-likeness (QED) is 0.794. The van der Waals surface area contributed by atoms with Crippen LogP contribution in [0.25, 0.3) is 0 Å². The molecule has 0 aromatic heterocycles. The highest BCUT2D eigenvalue weighted by molar-refractivity contribution is 14.1. The molecule has 2 aromatic carbocycles. The van der Waals surface area contributed by atoms with Crippen molar-refractivity contribution in [2.45, 2.75) is 6.54 Å². The third kappa shape index (κ3) is 4.51. The Kier molecular flexibility index (Phi) is 4.73. The summed E-state index contributed by atoms with van der Waals surface area (Å²) in [4.78, 5) is 11.7. The zero-order valence-corrected chi connectivity index (χ0v) is 12.1. The zero-order valence-electron chi connectivity index (χ0n) is 9.99. The zero-order chi connectivity index (χ0) is 13.7. The third-order valence-corrected chi connectivity index (χ3v) is 3.10. The summed E-state index contributed by atoms with van der Waals surface area (Å²) >= 11 is 2.17. The fraction of sp³-hybridized carbons (Fsp3) is 0.0714. The minimum absolute atomic E-state index is 0.285. The van der Waals surface area contributed by atoms with Crippen molar-refractivity contribution >= 4 is 34.3 Å². The first-order chi connectivity index (χ1) is 9.13. The maximum Gasteiger partial charge on any atom is 0.319 e. The number of benzene rings is 2. The lowest BCUT2D eigenvalue weighted by molar-refractivity contribution is 0.251. The average molecular weight is 370 g/mol. The van der Waals surface area contributed by atoms with Crippen molar-refractivity contribution < 1.29 is 9.18 Å². The molecule has 0 fully saturated rings. The van der Waals surface area contributed by atoms with Crippen LogP contribution >= 0.6 is 22.6 Å². The summed E-state index contributed by atoms with van der Waals surface area (Å²) in [6.07, 6.45) is 0. The maximum absolute atomic E-state index is 13.0. The molecule has 0 radical (unpaired) electrons. The van der Waals surface area contributed by atoms with Gasteiger partial charge in [0, 0.05) is 15.8 Å². The molecule has 98 valence electrons. The van der Waals surface area contributed by atoms with Crippen molar-refractivity contribution in [3.63, 3.8) is 0 Å². The molecule has 0 spiro atoms. The summed E-state index contributed by atoms with van der Waals surface area (Å²) in [5.41, 5.74) is 1.45. The molecule has 0 aliphatic heterocycles. The number of hydrogen-bond donors (Lipinski definition) is 2. The first-order valence-electron chi connectivity index (χ1n) is 5.68. The predicted molar refractivity (Wildman–Crippen MR) is 81.4 cm³/mol. The van der Waals surface area contributed by atoms with Crippen LogP contribution in [0.1, 0.15) is 5.56 Å². The lowest BCUT2D eigenvalue weighted by atomic mass is 10.2. The molecular formula is C14H12FIN2O. The van der Waals surface area contributed by atoms with Crippen molar-refractivity contribution in [2.24, 2.45) is 0 Å². The molecule has 0 bridgehead atoms. The lowest BCUT2D eigenvalue weighted by Crippen LogP contribution is -2.28. The summed E-state index contributed by atoms with van der Waals surface area (Å²) in [6.45, 7) is 0.285. The number of amides is 2. The second-order valence-corrected chi connectivity index (χ2v) is 5.19. The molecule has 2 aromatic rings. The monoisotopic (exact) mass is 370 g/mol. The van der Waals surface area contributed by atoms with E-state index in [1.165, 1.54) is 12.1 Å². The molecule has 5 heteroatoms. The van der Waals surface area contributed by atoms with Crippen molar-refractivity contribution in [3.8, 4) is 0 Å². The van der Waals surface area contributed by atoms with Crippen LogP contribution in [0.3, 0.4) is 0 Å². The second-order valence-electron chi connectivity index (χ2n) is 3.95. The highest BCUT2D eigenvalue weighted by Gasteiger charge is 2.02. The lowest BCUT2D eigenvalue weighted by Gasteiger charge is -2.08. The van der Waals surface area contributed by atoms with E-state index >= 15 is 0 Å². The molecule has 0 heterocycles. The van der Waals surface area contributed by atoms with Crippen molar-refractivity contribution in [3.05, 3.63) is 63.5 Å². The number of rotatable bonds is 3. The largest absolute Gasteiger partial charge is 0.334 e. The summed E-state index contributed by atoms with van der Waals surface area (Å²) in [5, 5.41) is 5.39. The van der Waals surface area contributed by atoms with Gasteiger partial charge in [-0.05, 0) is 58.5 Å². The van der Waals surface area contributed by atoms with Gasteiger partial charge in [-0.3, -0.25) is 0 Å². The van der Waals surface area contributed by atoms with Crippen LogP contribution in [0.2, 0.25) is 0 Å². The van der Waals surface area contributed by atoms with Crippen LogP contribution < -0.4 is 10.6 Å². The fourth-order valence-corrected chi connectivity index (χ4v) is 2.11. The van der Waals surface area contributed by atoms with Gasteiger partial charge in [0.15, 0.2) is 0 Å². The average Bonchev–Trinajstić information content (AvgIpc) is 2.36. The van der Waals surface area contributed by atoms with Gasteiger partial charge in [0.2, 0.25) is 0 Å². The Morgan fingerprint density at radius 2 is 1.95 bits per heavy atom. The van der Waals surface area contributed by atoms with E-state index in [-0.39, 0.29) is 18.4 Å². The third-order valence-electron chi connectivity index (χ3n) is 2.42. The van der Waals surface area contributed by atoms with Gasteiger partial charge in [-0.2, -0.15) is 0 Å². The first-order valence-corrected chi connectivity index (χ1v) is 6.76. The van der Waals surface area contributed by atoms with E-state index in [0.717, 1.165) is 14.8 Å². The van der Waals surface area contributed by atoms with Gasteiger partial charge in [0.05, 0.1) is 0 Å². The van der Waals surface area contributed by atoms with E-state index in [9.17, 15) is 9.18 Å². The summed E-state index contributed by atoms with van der Waals surface area (Å²) in [5.74, 6) is -0.308.